The molecule has 2 aromatic carbocycles. The van der Waals surface area contributed by atoms with Crippen LogP contribution in [-0.2, 0) is 16.0 Å². The number of carboxylic acid groups (broad SMARTS) is 1. The molecule has 2 aromatic rings. The summed E-state index contributed by atoms with van der Waals surface area (Å²) < 4.78 is 5.30. The Morgan fingerprint density at radius 3 is 2.58 bits per heavy atom. The average Bonchev–Trinajstić information content (AvgIpc) is 2.53. The standard InChI is InChI=1S/C20H22O4/c1-11-9-13-10-14(24-4)5-6-15(13)16-7-8-20(3,19(22)23)18(12(2)21)17(11)16/h5-6,9-10,18H,7-8H2,1-4H3,(H,22,23). The smallest absolute Gasteiger partial charge is 0.310 e. The number of methoxy groups -OCH3 is 1. The highest BCUT2D eigenvalue weighted by atomic mass is 16.5. The summed E-state index contributed by atoms with van der Waals surface area (Å²) in [5.74, 6) is -0.805. The van der Waals surface area contributed by atoms with Crippen LogP contribution in [-0.4, -0.2) is 24.0 Å². The van der Waals surface area contributed by atoms with Crippen LogP contribution in [0.25, 0.3) is 10.8 Å². The van der Waals surface area contributed by atoms with Crippen molar-refractivity contribution in [1.82, 2.24) is 0 Å². The van der Waals surface area contributed by atoms with Gasteiger partial charge in [-0.15, -0.1) is 0 Å². The Morgan fingerprint density at radius 2 is 2.00 bits per heavy atom. The van der Waals surface area contributed by atoms with E-state index in [-0.39, 0.29) is 5.78 Å². The number of carbonyl (C=O) groups excluding carboxylic acids is 1. The van der Waals surface area contributed by atoms with Gasteiger partial charge in [-0.25, -0.2) is 0 Å². The van der Waals surface area contributed by atoms with Crippen LogP contribution in [0.15, 0.2) is 24.3 Å². The van der Waals surface area contributed by atoms with E-state index in [4.69, 9.17) is 4.74 Å². The summed E-state index contributed by atoms with van der Waals surface area (Å²) in [5.41, 5.74) is 1.92. The minimum absolute atomic E-state index is 0.0863. The second-order valence-electron chi connectivity index (χ2n) is 6.94. The molecular weight excluding hydrogens is 304 g/mol. The summed E-state index contributed by atoms with van der Waals surface area (Å²) in [6, 6.07) is 7.93. The summed E-state index contributed by atoms with van der Waals surface area (Å²) in [6.45, 7) is 5.15. The summed E-state index contributed by atoms with van der Waals surface area (Å²) in [5, 5.41) is 11.9. The van der Waals surface area contributed by atoms with Crippen LogP contribution in [0.2, 0.25) is 0 Å². The van der Waals surface area contributed by atoms with E-state index < -0.39 is 17.3 Å². The number of hydrogen-bond acceptors (Lipinski definition) is 3. The van der Waals surface area contributed by atoms with Gasteiger partial charge in [0.15, 0.2) is 0 Å². The summed E-state index contributed by atoms with van der Waals surface area (Å²) >= 11 is 0. The van der Waals surface area contributed by atoms with E-state index in [1.165, 1.54) is 6.92 Å². The molecule has 4 heteroatoms. The number of ether oxygens (including phenoxy) is 1. The third kappa shape index (κ3) is 2.29. The van der Waals surface area contributed by atoms with E-state index in [0.717, 1.165) is 33.2 Å². The van der Waals surface area contributed by atoms with Crippen molar-refractivity contribution >= 4 is 22.5 Å². The van der Waals surface area contributed by atoms with Gasteiger partial charge in [0.2, 0.25) is 0 Å². The van der Waals surface area contributed by atoms with Crippen LogP contribution in [0.5, 0.6) is 5.75 Å². The quantitative estimate of drug-likeness (QED) is 0.930. The number of carbonyl (C=O) groups is 2. The lowest BCUT2D eigenvalue weighted by Gasteiger charge is -2.39. The van der Waals surface area contributed by atoms with Gasteiger partial charge in [-0.05, 0) is 73.2 Å². The maximum atomic E-state index is 12.4. The molecule has 0 heterocycles. The molecule has 1 N–H and O–H groups in total. The number of ketones is 1. The first-order chi connectivity index (χ1) is 11.3. The molecule has 0 saturated carbocycles. The van der Waals surface area contributed by atoms with Crippen molar-refractivity contribution in [2.45, 2.75) is 39.5 Å². The highest BCUT2D eigenvalue weighted by Crippen LogP contribution is 2.49. The molecule has 0 amide bonds. The van der Waals surface area contributed by atoms with Gasteiger partial charge in [0.25, 0.3) is 0 Å². The molecule has 1 aliphatic rings. The molecule has 0 saturated heterocycles. The minimum Gasteiger partial charge on any atom is -0.497 e. The van der Waals surface area contributed by atoms with Crippen molar-refractivity contribution in [3.63, 3.8) is 0 Å². The summed E-state index contributed by atoms with van der Waals surface area (Å²) in [7, 11) is 1.64. The molecule has 1 aliphatic carbocycles. The Bertz CT molecular complexity index is 852. The van der Waals surface area contributed by atoms with Crippen molar-refractivity contribution in [3.8, 4) is 5.75 Å². The van der Waals surface area contributed by atoms with E-state index in [2.05, 4.69) is 0 Å². The predicted molar refractivity (Wildman–Crippen MR) is 92.7 cm³/mol. The zero-order chi connectivity index (χ0) is 17.6. The third-order valence-corrected chi connectivity index (χ3v) is 5.42. The van der Waals surface area contributed by atoms with Crippen molar-refractivity contribution in [1.29, 1.82) is 0 Å². The second kappa shape index (κ2) is 5.62. The van der Waals surface area contributed by atoms with Crippen molar-refractivity contribution in [2.24, 2.45) is 5.41 Å². The number of aliphatic carboxylic acids is 1. The van der Waals surface area contributed by atoms with Crippen LogP contribution >= 0.6 is 0 Å². The molecule has 0 aromatic heterocycles. The summed E-state index contributed by atoms with van der Waals surface area (Å²) in [4.78, 5) is 24.3. The zero-order valence-corrected chi connectivity index (χ0v) is 14.5. The van der Waals surface area contributed by atoms with E-state index in [0.29, 0.717) is 12.8 Å². The van der Waals surface area contributed by atoms with Gasteiger partial charge < -0.3 is 9.84 Å². The number of aryl methyl sites for hydroxylation is 2. The monoisotopic (exact) mass is 326 g/mol. The SMILES string of the molecule is COc1ccc2c3c(c(C)cc2c1)C(C(C)=O)C(C)(C(=O)O)CC3. The predicted octanol–water partition coefficient (Wildman–Crippen LogP) is 3.87. The van der Waals surface area contributed by atoms with Gasteiger partial charge in [0.05, 0.1) is 18.4 Å². The topological polar surface area (TPSA) is 63.6 Å². The van der Waals surface area contributed by atoms with Crippen LogP contribution in [0.4, 0.5) is 0 Å². The Kier molecular flexibility index (Phi) is 3.86. The van der Waals surface area contributed by atoms with Crippen LogP contribution in [0.3, 0.4) is 0 Å². The highest BCUT2D eigenvalue weighted by Gasteiger charge is 2.48. The Balaban J connectivity index is 2.32. The number of hydrogen-bond donors (Lipinski definition) is 1. The van der Waals surface area contributed by atoms with Gasteiger partial charge >= 0.3 is 5.97 Å². The number of Topliss-reactive ketones (excluding diaryl/α,β-unsaturated/α-hetero) is 1. The van der Waals surface area contributed by atoms with E-state index >= 15 is 0 Å². The van der Waals surface area contributed by atoms with E-state index in [9.17, 15) is 14.7 Å². The minimum atomic E-state index is -1.05. The second-order valence-corrected chi connectivity index (χ2v) is 6.94. The largest absolute Gasteiger partial charge is 0.497 e. The van der Waals surface area contributed by atoms with Crippen molar-refractivity contribution in [3.05, 3.63) is 41.0 Å². The van der Waals surface area contributed by atoms with Crippen LogP contribution < -0.4 is 4.74 Å². The molecule has 24 heavy (non-hydrogen) atoms. The fraction of sp³-hybridized carbons (Fsp3) is 0.400. The third-order valence-electron chi connectivity index (χ3n) is 5.42. The molecule has 0 spiro atoms. The number of fused-ring (bicyclic) bond motifs is 3. The maximum Gasteiger partial charge on any atom is 0.310 e. The lowest BCUT2D eigenvalue weighted by Crippen LogP contribution is -2.41. The Labute approximate surface area is 141 Å². The first kappa shape index (κ1) is 16.5. The molecule has 4 nitrogen and oxygen atoms in total. The first-order valence-corrected chi connectivity index (χ1v) is 8.13. The zero-order valence-electron chi connectivity index (χ0n) is 14.5. The molecule has 2 unspecified atom stereocenters. The van der Waals surface area contributed by atoms with Crippen LogP contribution in [0, 0.1) is 12.3 Å². The van der Waals surface area contributed by atoms with Gasteiger partial charge in [0, 0.05) is 0 Å². The highest BCUT2D eigenvalue weighted by molar-refractivity contribution is 5.96. The molecule has 3 rings (SSSR count). The maximum absolute atomic E-state index is 12.4. The molecule has 0 aliphatic heterocycles. The van der Waals surface area contributed by atoms with Gasteiger partial charge in [-0.1, -0.05) is 12.1 Å². The number of carboxylic acids is 1. The fourth-order valence-electron chi connectivity index (χ4n) is 4.16. The van der Waals surface area contributed by atoms with Gasteiger partial charge in [-0.3, -0.25) is 9.59 Å². The number of benzene rings is 2. The molecule has 0 fully saturated rings. The first-order valence-electron chi connectivity index (χ1n) is 8.13. The van der Waals surface area contributed by atoms with E-state index in [1.54, 1.807) is 14.0 Å². The summed E-state index contributed by atoms with van der Waals surface area (Å²) in [6.07, 6.45) is 1.12. The normalized spacial score (nSPS) is 22.9. The van der Waals surface area contributed by atoms with Crippen molar-refractivity contribution < 1.29 is 19.4 Å². The van der Waals surface area contributed by atoms with Gasteiger partial charge in [-0.2, -0.15) is 0 Å². The van der Waals surface area contributed by atoms with Crippen molar-refractivity contribution in [2.75, 3.05) is 7.11 Å². The molecule has 0 radical (unpaired) electrons. The molecule has 2 atom stereocenters. The fourth-order valence-corrected chi connectivity index (χ4v) is 4.16. The Hall–Kier alpha value is -2.36. The Morgan fingerprint density at radius 1 is 1.29 bits per heavy atom. The van der Waals surface area contributed by atoms with Crippen LogP contribution in [0.1, 0.15) is 42.9 Å². The molecular formula is C20H22O4. The average molecular weight is 326 g/mol. The number of rotatable bonds is 3. The van der Waals surface area contributed by atoms with E-state index in [1.807, 2.05) is 31.2 Å². The van der Waals surface area contributed by atoms with Gasteiger partial charge in [0.1, 0.15) is 11.5 Å². The molecule has 126 valence electrons. The molecule has 0 bridgehead atoms. The lowest BCUT2D eigenvalue weighted by atomic mass is 9.62. The lowest BCUT2D eigenvalue weighted by molar-refractivity contribution is -0.152.